The first-order valence-corrected chi connectivity index (χ1v) is 9.59. The van der Waals surface area contributed by atoms with Gasteiger partial charge in [-0.25, -0.2) is 9.37 Å². The normalized spacial score (nSPS) is 10.9. The molecule has 1 N–H and O–H groups in total. The number of halogens is 3. The van der Waals surface area contributed by atoms with Crippen LogP contribution in [0.4, 0.5) is 10.1 Å². The van der Waals surface area contributed by atoms with Crippen LogP contribution >= 0.6 is 31.9 Å². The molecule has 0 aliphatic rings. The molecule has 2 aromatic carbocycles. The van der Waals surface area contributed by atoms with Crippen LogP contribution in [0.15, 0.2) is 75.9 Å². The molecule has 0 radical (unpaired) electrons. The maximum atomic E-state index is 13.3. The number of hydrogen-bond acceptors (Lipinski definition) is 2. The number of pyridine rings is 1. The minimum Gasteiger partial charge on any atom is -0.322 e. The number of nitrogens with zero attached hydrogens (tertiary/aromatic N) is 2. The van der Waals surface area contributed by atoms with Crippen LogP contribution in [0.2, 0.25) is 0 Å². The summed E-state index contributed by atoms with van der Waals surface area (Å²) in [7, 11) is 0. The number of fused-ring (bicyclic) bond motifs is 1. The lowest BCUT2D eigenvalue weighted by atomic mass is 10.1. The first-order chi connectivity index (χ1) is 13.0. The standard InChI is InChI=1S/C20H12Br2FN3O/c21-14-9-17(22)19-25-18(11-26(19)10-14)12-3-2-6-16(8-12)24-20(27)13-4-1-5-15(23)7-13/h1-11H,(H,24,27). The van der Waals surface area contributed by atoms with Gasteiger partial charge in [-0.3, -0.25) is 4.79 Å². The molecule has 7 heteroatoms. The predicted octanol–water partition coefficient (Wildman–Crippen LogP) is 5.92. The molecule has 134 valence electrons. The van der Waals surface area contributed by atoms with Crippen molar-refractivity contribution < 1.29 is 9.18 Å². The van der Waals surface area contributed by atoms with E-state index in [0.717, 1.165) is 25.8 Å². The van der Waals surface area contributed by atoms with E-state index in [2.05, 4.69) is 42.2 Å². The number of imidazole rings is 1. The summed E-state index contributed by atoms with van der Waals surface area (Å²) >= 11 is 6.97. The molecule has 0 bridgehead atoms. The number of hydrogen-bond donors (Lipinski definition) is 1. The number of carbonyl (C=O) groups excluding carboxylic acids is 1. The van der Waals surface area contributed by atoms with Crippen LogP contribution in [-0.2, 0) is 0 Å². The fraction of sp³-hybridized carbons (Fsp3) is 0. The van der Waals surface area contributed by atoms with Gasteiger partial charge in [0.2, 0.25) is 0 Å². The Morgan fingerprint density at radius 3 is 2.67 bits per heavy atom. The highest BCUT2D eigenvalue weighted by atomic mass is 79.9. The van der Waals surface area contributed by atoms with Crippen molar-refractivity contribution in [3.05, 3.63) is 87.3 Å². The quantitative estimate of drug-likeness (QED) is 0.389. The fourth-order valence-corrected chi connectivity index (χ4v) is 4.05. The summed E-state index contributed by atoms with van der Waals surface area (Å²) in [6.45, 7) is 0. The van der Waals surface area contributed by atoms with Gasteiger partial charge in [0.15, 0.2) is 5.65 Å². The number of rotatable bonds is 3. The largest absolute Gasteiger partial charge is 0.322 e. The molecule has 2 aromatic heterocycles. The highest BCUT2D eigenvalue weighted by Crippen LogP contribution is 2.27. The second-order valence-corrected chi connectivity index (χ2v) is 7.68. The molecule has 27 heavy (non-hydrogen) atoms. The van der Waals surface area contributed by atoms with E-state index in [1.54, 1.807) is 12.1 Å². The summed E-state index contributed by atoms with van der Waals surface area (Å²) in [6, 6.07) is 14.9. The van der Waals surface area contributed by atoms with Gasteiger partial charge in [-0.15, -0.1) is 0 Å². The second kappa shape index (κ2) is 7.25. The zero-order chi connectivity index (χ0) is 19.0. The minimum absolute atomic E-state index is 0.266. The number of nitrogens with one attached hydrogen (secondary N) is 1. The molecule has 0 fully saturated rings. The van der Waals surface area contributed by atoms with Crippen molar-refractivity contribution in [1.29, 1.82) is 0 Å². The molecule has 0 aliphatic heterocycles. The van der Waals surface area contributed by atoms with Gasteiger partial charge in [0, 0.05) is 33.7 Å². The van der Waals surface area contributed by atoms with Gasteiger partial charge in [0.25, 0.3) is 5.91 Å². The molecule has 0 unspecified atom stereocenters. The zero-order valence-corrected chi connectivity index (χ0v) is 17.0. The van der Waals surface area contributed by atoms with Crippen LogP contribution in [0.25, 0.3) is 16.9 Å². The van der Waals surface area contributed by atoms with Gasteiger partial charge in [0.1, 0.15) is 5.82 Å². The van der Waals surface area contributed by atoms with E-state index in [4.69, 9.17) is 0 Å². The Hall–Kier alpha value is -2.51. The third kappa shape index (κ3) is 3.79. The zero-order valence-electron chi connectivity index (χ0n) is 13.8. The Kier molecular flexibility index (Phi) is 4.80. The van der Waals surface area contributed by atoms with Gasteiger partial charge >= 0.3 is 0 Å². The number of aromatic nitrogens is 2. The Morgan fingerprint density at radius 1 is 1.04 bits per heavy atom. The summed E-state index contributed by atoms with van der Waals surface area (Å²) in [5, 5.41) is 2.79. The van der Waals surface area contributed by atoms with Gasteiger partial charge < -0.3 is 9.72 Å². The molecular formula is C20H12Br2FN3O. The Bertz CT molecular complexity index is 1170. The van der Waals surface area contributed by atoms with Crippen molar-refractivity contribution in [2.75, 3.05) is 5.32 Å². The lowest BCUT2D eigenvalue weighted by Gasteiger charge is -2.06. The van der Waals surface area contributed by atoms with Crippen molar-refractivity contribution in [3.63, 3.8) is 0 Å². The van der Waals surface area contributed by atoms with Gasteiger partial charge in [-0.1, -0.05) is 18.2 Å². The van der Waals surface area contributed by atoms with E-state index >= 15 is 0 Å². The number of anilines is 1. The number of benzene rings is 2. The van der Waals surface area contributed by atoms with Crippen molar-refractivity contribution in [3.8, 4) is 11.3 Å². The van der Waals surface area contributed by atoms with E-state index in [0.29, 0.717) is 5.69 Å². The molecule has 4 rings (SSSR count). The molecule has 0 spiro atoms. The molecule has 2 heterocycles. The topological polar surface area (TPSA) is 46.4 Å². The highest BCUT2D eigenvalue weighted by molar-refractivity contribution is 9.11. The number of amides is 1. The third-order valence-corrected chi connectivity index (χ3v) is 4.99. The lowest BCUT2D eigenvalue weighted by molar-refractivity contribution is 0.102. The van der Waals surface area contributed by atoms with E-state index in [1.807, 2.05) is 41.1 Å². The SMILES string of the molecule is O=C(Nc1cccc(-c2cn3cc(Br)cc(Br)c3n2)c1)c1cccc(F)c1. The minimum atomic E-state index is -0.446. The third-order valence-electron chi connectivity index (χ3n) is 3.98. The Balaban J connectivity index is 1.65. The van der Waals surface area contributed by atoms with Crippen molar-refractivity contribution >= 4 is 49.1 Å². The fourth-order valence-electron chi connectivity index (χ4n) is 2.75. The van der Waals surface area contributed by atoms with E-state index in [-0.39, 0.29) is 11.5 Å². The lowest BCUT2D eigenvalue weighted by Crippen LogP contribution is -2.12. The smallest absolute Gasteiger partial charge is 0.255 e. The molecule has 4 nitrogen and oxygen atoms in total. The highest BCUT2D eigenvalue weighted by Gasteiger charge is 2.11. The maximum absolute atomic E-state index is 13.3. The number of carbonyl (C=O) groups is 1. The molecular weight excluding hydrogens is 477 g/mol. The van der Waals surface area contributed by atoms with Crippen LogP contribution in [-0.4, -0.2) is 15.3 Å². The maximum Gasteiger partial charge on any atom is 0.255 e. The van der Waals surface area contributed by atoms with Crippen LogP contribution in [0, 0.1) is 5.82 Å². The van der Waals surface area contributed by atoms with Crippen LogP contribution in [0.5, 0.6) is 0 Å². The van der Waals surface area contributed by atoms with Gasteiger partial charge in [-0.05, 0) is 68.3 Å². The van der Waals surface area contributed by atoms with E-state index in [9.17, 15) is 9.18 Å². The average Bonchev–Trinajstić information content (AvgIpc) is 3.06. The van der Waals surface area contributed by atoms with E-state index < -0.39 is 5.82 Å². The first-order valence-electron chi connectivity index (χ1n) is 8.01. The molecule has 0 saturated carbocycles. The van der Waals surface area contributed by atoms with Crippen molar-refractivity contribution in [2.45, 2.75) is 0 Å². The van der Waals surface area contributed by atoms with Crippen molar-refractivity contribution in [2.24, 2.45) is 0 Å². The summed E-state index contributed by atoms with van der Waals surface area (Å²) < 4.78 is 17.0. The van der Waals surface area contributed by atoms with Crippen LogP contribution < -0.4 is 5.32 Å². The van der Waals surface area contributed by atoms with Gasteiger partial charge in [0.05, 0.1) is 10.2 Å². The predicted molar refractivity (Wildman–Crippen MR) is 110 cm³/mol. The monoisotopic (exact) mass is 487 g/mol. The van der Waals surface area contributed by atoms with Crippen LogP contribution in [0.3, 0.4) is 0 Å². The molecule has 0 aliphatic carbocycles. The summed E-state index contributed by atoms with van der Waals surface area (Å²) in [5.41, 5.74) is 3.30. The first kappa shape index (κ1) is 17.9. The summed E-state index contributed by atoms with van der Waals surface area (Å²) in [4.78, 5) is 17.0. The van der Waals surface area contributed by atoms with E-state index in [1.165, 1.54) is 18.2 Å². The average molecular weight is 489 g/mol. The van der Waals surface area contributed by atoms with Crippen LogP contribution in [0.1, 0.15) is 10.4 Å². The Morgan fingerprint density at radius 2 is 1.85 bits per heavy atom. The molecule has 0 atom stereocenters. The van der Waals surface area contributed by atoms with Gasteiger partial charge in [-0.2, -0.15) is 0 Å². The summed E-state index contributed by atoms with van der Waals surface area (Å²) in [6.07, 6.45) is 3.84. The molecule has 1 amide bonds. The molecule has 0 saturated heterocycles. The van der Waals surface area contributed by atoms with Crippen molar-refractivity contribution in [1.82, 2.24) is 9.38 Å². The molecule has 4 aromatic rings. The Labute approximate surface area is 171 Å². The summed E-state index contributed by atoms with van der Waals surface area (Å²) in [5.74, 6) is -0.814. The second-order valence-electron chi connectivity index (χ2n) is 5.91.